The van der Waals surface area contributed by atoms with Crippen LogP contribution in [0.2, 0.25) is 0 Å². The molecule has 0 spiro atoms. The maximum absolute atomic E-state index is 11.8. The maximum Gasteiger partial charge on any atom is 0.306 e. The van der Waals surface area contributed by atoms with Crippen molar-refractivity contribution >= 4 is 18.5 Å². The molecular formula is C17H22O5. The zero-order valence-electron chi connectivity index (χ0n) is 12.7. The van der Waals surface area contributed by atoms with E-state index in [1.165, 1.54) is 0 Å². The van der Waals surface area contributed by atoms with Crippen LogP contribution in [0.1, 0.15) is 31.7 Å². The van der Waals surface area contributed by atoms with E-state index >= 15 is 0 Å². The summed E-state index contributed by atoms with van der Waals surface area (Å²) >= 11 is 0. The molecule has 0 aliphatic heterocycles. The molecule has 2 atom stereocenters. The third-order valence-electron chi connectivity index (χ3n) is 3.71. The number of rotatable bonds is 10. The van der Waals surface area contributed by atoms with Crippen LogP contribution in [0.4, 0.5) is 0 Å². The number of aldehydes is 2. The van der Waals surface area contributed by atoms with Crippen molar-refractivity contribution in [3.8, 4) is 5.75 Å². The molecule has 1 N–H and O–H groups in total. The number of carbonyl (C=O) groups is 3. The highest BCUT2D eigenvalue weighted by Gasteiger charge is 2.23. The zero-order chi connectivity index (χ0) is 16.4. The first-order chi connectivity index (χ1) is 10.6. The van der Waals surface area contributed by atoms with Crippen LogP contribution in [0.5, 0.6) is 5.75 Å². The summed E-state index contributed by atoms with van der Waals surface area (Å²) in [5, 5.41) is 9.61. The van der Waals surface area contributed by atoms with Crippen molar-refractivity contribution in [2.45, 2.75) is 32.6 Å². The lowest BCUT2D eigenvalue weighted by molar-refractivity contribution is -0.145. The Balaban J connectivity index is 2.45. The van der Waals surface area contributed by atoms with Gasteiger partial charge in [-0.05, 0) is 24.0 Å². The Bertz CT molecular complexity index is 498. The SMILES string of the molecule is CCC(C=O)[C@@H](CC=O)CC(=O)OCCc1ccccc1O. The molecule has 22 heavy (non-hydrogen) atoms. The summed E-state index contributed by atoms with van der Waals surface area (Å²) in [5.74, 6) is -0.875. The predicted molar refractivity (Wildman–Crippen MR) is 81.4 cm³/mol. The van der Waals surface area contributed by atoms with E-state index in [0.29, 0.717) is 18.4 Å². The first-order valence-corrected chi connectivity index (χ1v) is 7.43. The van der Waals surface area contributed by atoms with Gasteiger partial charge in [0, 0.05) is 25.2 Å². The zero-order valence-corrected chi connectivity index (χ0v) is 12.7. The number of phenols is 1. The van der Waals surface area contributed by atoms with Crippen LogP contribution in [0, 0.1) is 11.8 Å². The van der Waals surface area contributed by atoms with E-state index < -0.39 is 5.97 Å². The van der Waals surface area contributed by atoms with Crippen LogP contribution in [0.15, 0.2) is 24.3 Å². The first-order valence-electron chi connectivity index (χ1n) is 7.43. The fourth-order valence-electron chi connectivity index (χ4n) is 2.34. The van der Waals surface area contributed by atoms with Gasteiger partial charge in [-0.25, -0.2) is 0 Å². The molecule has 0 heterocycles. The lowest BCUT2D eigenvalue weighted by Crippen LogP contribution is -2.21. The third kappa shape index (κ3) is 5.68. The molecule has 1 rings (SSSR count). The van der Waals surface area contributed by atoms with Crippen LogP contribution >= 0.6 is 0 Å². The molecule has 0 saturated heterocycles. The third-order valence-corrected chi connectivity index (χ3v) is 3.71. The molecule has 0 aliphatic carbocycles. The Morgan fingerprint density at radius 1 is 1.32 bits per heavy atom. The van der Waals surface area contributed by atoms with Crippen LogP contribution < -0.4 is 0 Å². The van der Waals surface area contributed by atoms with Crippen molar-refractivity contribution in [2.24, 2.45) is 11.8 Å². The number of esters is 1. The summed E-state index contributed by atoms with van der Waals surface area (Å²) in [6.45, 7) is 2.00. The van der Waals surface area contributed by atoms with E-state index in [4.69, 9.17) is 4.74 Å². The molecule has 1 unspecified atom stereocenters. The number of hydrogen-bond acceptors (Lipinski definition) is 5. The van der Waals surface area contributed by atoms with Gasteiger partial charge in [0.15, 0.2) is 0 Å². The van der Waals surface area contributed by atoms with Gasteiger partial charge < -0.3 is 19.4 Å². The second-order valence-electron chi connectivity index (χ2n) is 5.17. The number of ether oxygens (including phenoxy) is 1. The molecule has 0 aromatic heterocycles. The Hall–Kier alpha value is -2.17. The summed E-state index contributed by atoms with van der Waals surface area (Å²) in [7, 11) is 0. The molecule has 1 aromatic carbocycles. The number of phenolic OH excluding ortho intramolecular Hbond substituents is 1. The lowest BCUT2D eigenvalue weighted by Gasteiger charge is -2.18. The van der Waals surface area contributed by atoms with Crippen molar-refractivity contribution < 1.29 is 24.2 Å². The average molecular weight is 306 g/mol. The first kappa shape index (κ1) is 17.9. The number of carbonyl (C=O) groups excluding carboxylic acids is 3. The van der Waals surface area contributed by atoms with E-state index in [1.807, 2.05) is 6.92 Å². The summed E-state index contributed by atoms with van der Waals surface area (Å²) in [5.41, 5.74) is 0.707. The topological polar surface area (TPSA) is 80.7 Å². The minimum atomic E-state index is -0.428. The minimum Gasteiger partial charge on any atom is -0.508 e. The summed E-state index contributed by atoms with van der Waals surface area (Å²) < 4.78 is 5.14. The van der Waals surface area contributed by atoms with E-state index in [9.17, 15) is 19.5 Å². The molecule has 0 aliphatic rings. The summed E-state index contributed by atoms with van der Waals surface area (Å²) in [6, 6.07) is 6.86. The standard InChI is InChI=1S/C17H22O5/c1-2-13(12-19)15(7-9-18)11-17(21)22-10-8-14-5-3-4-6-16(14)20/h3-6,9,12-13,15,20H,2,7-8,10-11H2,1H3/t13?,15-/m0/s1. The molecule has 120 valence electrons. The largest absolute Gasteiger partial charge is 0.508 e. The molecule has 0 bridgehead atoms. The molecule has 0 fully saturated rings. The number of para-hydroxylation sites is 1. The van der Waals surface area contributed by atoms with E-state index in [0.717, 1.165) is 12.6 Å². The van der Waals surface area contributed by atoms with Gasteiger partial charge in [-0.1, -0.05) is 25.1 Å². The van der Waals surface area contributed by atoms with Crippen molar-refractivity contribution in [2.75, 3.05) is 6.61 Å². The van der Waals surface area contributed by atoms with Crippen LogP contribution in [0.3, 0.4) is 0 Å². The molecule has 5 heteroatoms. The Kier molecular flexibility index (Phi) is 7.89. The molecule has 0 radical (unpaired) electrons. The van der Waals surface area contributed by atoms with Gasteiger partial charge in [0.2, 0.25) is 0 Å². The van der Waals surface area contributed by atoms with Crippen LogP contribution in [-0.4, -0.2) is 30.3 Å². The van der Waals surface area contributed by atoms with Crippen molar-refractivity contribution in [1.29, 1.82) is 0 Å². The van der Waals surface area contributed by atoms with Crippen LogP contribution in [-0.2, 0) is 25.5 Å². The number of aromatic hydroxyl groups is 1. The fraction of sp³-hybridized carbons (Fsp3) is 0.471. The van der Waals surface area contributed by atoms with E-state index in [1.54, 1.807) is 24.3 Å². The van der Waals surface area contributed by atoms with Gasteiger partial charge in [0.1, 0.15) is 18.3 Å². The predicted octanol–water partition coefficient (Wildman–Crippen LogP) is 2.30. The smallest absolute Gasteiger partial charge is 0.306 e. The van der Waals surface area contributed by atoms with Crippen molar-refractivity contribution in [1.82, 2.24) is 0 Å². The number of hydrogen-bond donors (Lipinski definition) is 1. The van der Waals surface area contributed by atoms with E-state index in [-0.39, 0.29) is 37.0 Å². The van der Waals surface area contributed by atoms with Gasteiger partial charge in [0.25, 0.3) is 0 Å². The average Bonchev–Trinajstić information content (AvgIpc) is 2.50. The molecular weight excluding hydrogens is 284 g/mol. The second-order valence-corrected chi connectivity index (χ2v) is 5.17. The highest BCUT2D eigenvalue weighted by molar-refractivity contribution is 5.71. The second kappa shape index (κ2) is 9.71. The Morgan fingerprint density at radius 2 is 2.05 bits per heavy atom. The highest BCUT2D eigenvalue weighted by Crippen LogP contribution is 2.21. The summed E-state index contributed by atoms with van der Waals surface area (Å²) in [6.07, 6.45) is 2.76. The molecule has 1 aromatic rings. The number of benzene rings is 1. The van der Waals surface area contributed by atoms with E-state index in [2.05, 4.69) is 0 Å². The van der Waals surface area contributed by atoms with Gasteiger partial charge in [0.05, 0.1) is 6.61 Å². The van der Waals surface area contributed by atoms with Gasteiger partial charge in [-0.3, -0.25) is 4.79 Å². The molecule has 0 saturated carbocycles. The minimum absolute atomic E-state index is 0.0523. The normalized spacial score (nSPS) is 13.1. The Labute approximate surface area is 130 Å². The van der Waals surface area contributed by atoms with Crippen LogP contribution in [0.25, 0.3) is 0 Å². The fourth-order valence-corrected chi connectivity index (χ4v) is 2.34. The Morgan fingerprint density at radius 3 is 2.64 bits per heavy atom. The van der Waals surface area contributed by atoms with Gasteiger partial charge >= 0.3 is 5.97 Å². The quantitative estimate of drug-likeness (QED) is 0.530. The van der Waals surface area contributed by atoms with Gasteiger partial charge in [-0.2, -0.15) is 0 Å². The highest BCUT2D eigenvalue weighted by atomic mass is 16.5. The lowest BCUT2D eigenvalue weighted by atomic mass is 9.86. The molecule has 0 amide bonds. The van der Waals surface area contributed by atoms with Crippen molar-refractivity contribution in [3.63, 3.8) is 0 Å². The summed E-state index contributed by atoms with van der Waals surface area (Å²) in [4.78, 5) is 33.5. The molecule has 5 nitrogen and oxygen atoms in total. The maximum atomic E-state index is 11.8. The van der Waals surface area contributed by atoms with Crippen molar-refractivity contribution in [3.05, 3.63) is 29.8 Å². The van der Waals surface area contributed by atoms with Gasteiger partial charge in [-0.15, -0.1) is 0 Å². The monoisotopic (exact) mass is 306 g/mol.